The first-order chi connectivity index (χ1) is 7.31. The summed E-state index contributed by atoms with van der Waals surface area (Å²) >= 11 is 0. The van der Waals surface area contributed by atoms with Gasteiger partial charge in [0, 0.05) is 6.04 Å². The molecule has 0 bridgehead atoms. The molecule has 2 heteroatoms. The molecule has 0 aliphatic carbocycles. The van der Waals surface area contributed by atoms with Crippen LogP contribution in [0.1, 0.15) is 36.4 Å². The molecule has 1 aliphatic rings. The third kappa shape index (κ3) is 2.32. The van der Waals surface area contributed by atoms with Gasteiger partial charge in [-0.15, -0.1) is 0 Å². The maximum atomic E-state index is 5.27. The second-order valence-corrected chi connectivity index (χ2v) is 4.23. The summed E-state index contributed by atoms with van der Waals surface area (Å²) < 4.78 is 5.27. The summed E-state index contributed by atoms with van der Waals surface area (Å²) in [5.41, 5.74) is 2.75. The van der Waals surface area contributed by atoms with E-state index in [0.29, 0.717) is 6.04 Å². The Balaban J connectivity index is 2.24. The van der Waals surface area contributed by atoms with E-state index < -0.39 is 0 Å². The Labute approximate surface area is 91.6 Å². The minimum Gasteiger partial charge on any atom is -0.497 e. The van der Waals surface area contributed by atoms with Gasteiger partial charge in [-0.05, 0) is 49.6 Å². The van der Waals surface area contributed by atoms with Crippen LogP contribution in [0.15, 0.2) is 18.2 Å². The lowest BCUT2D eigenvalue weighted by molar-refractivity contribution is 0.399. The molecule has 0 radical (unpaired) electrons. The van der Waals surface area contributed by atoms with E-state index in [-0.39, 0.29) is 0 Å². The molecule has 1 N–H and O–H groups in total. The topological polar surface area (TPSA) is 21.3 Å². The van der Waals surface area contributed by atoms with Crippen LogP contribution in [0.2, 0.25) is 0 Å². The van der Waals surface area contributed by atoms with Crippen molar-refractivity contribution >= 4 is 0 Å². The molecule has 1 atom stereocenters. The van der Waals surface area contributed by atoms with E-state index >= 15 is 0 Å². The molecular weight excluding hydrogens is 186 g/mol. The Morgan fingerprint density at radius 2 is 2.20 bits per heavy atom. The summed E-state index contributed by atoms with van der Waals surface area (Å²) in [6.07, 6.45) is 3.88. The van der Waals surface area contributed by atoms with Crippen LogP contribution in [0, 0.1) is 6.92 Å². The third-order valence-corrected chi connectivity index (χ3v) is 3.17. The Morgan fingerprint density at radius 1 is 1.33 bits per heavy atom. The summed E-state index contributed by atoms with van der Waals surface area (Å²) in [6.45, 7) is 3.31. The Hall–Kier alpha value is -1.02. The minimum absolute atomic E-state index is 0.522. The Morgan fingerprint density at radius 3 is 2.87 bits per heavy atom. The van der Waals surface area contributed by atoms with Crippen LogP contribution >= 0.6 is 0 Å². The van der Waals surface area contributed by atoms with Gasteiger partial charge in [-0.1, -0.05) is 12.5 Å². The summed E-state index contributed by atoms with van der Waals surface area (Å²) in [4.78, 5) is 0. The number of rotatable bonds is 2. The number of aryl methyl sites for hydroxylation is 1. The van der Waals surface area contributed by atoms with Gasteiger partial charge in [-0.3, -0.25) is 0 Å². The zero-order chi connectivity index (χ0) is 10.7. The zero-order valence-electron chi connectivity index (χ0n) is 9.55. The molecule has 1 aromatic carbocycles. The van der Waals surface area contributed by atoms with E-state index in [4.69, 9.17) is 4.74 Å². The molecule has 2 nitrogen and oxygen atoms in total. The summed E-state index contributed by atoms with van der Waals surface area (Å²) in [5, 5.41) is 3.57. The molecule has 2 rings (SSSR count). The van der Waals surface area contributed by atoms with Crippen molar-refractivity contribution in [2.24, 2.45) is 0 Å². The molecule has 0 aromatic heterocycles. The predicted octanol–water partition coefficient (Wildman–Crippen LogP) is 2.82. The van der Waals surface area contributed by atoms with Crippen LogP contribution in [-0.2, 0) is 0 Å². The van der Waals surface area contributed by atoms with E-state index in [0.717, 1.165) is 12.3 Å². The highest BCUT2D eigenvalue weighted by Gasteiger charge is 2.16. The summed E-state index contributed by atoms with van der Waals surface area (Å²) in [7, 11) is 1.72. The molecule has 0 saturated carbocycles. The number of ether oxygens (including phenoxy) is 1. The SMILES string of the molecule is COc1ccc(C)c(C2CCCCN2)c1. The van der Waals surface area contributed by atoms with E-state index in [2.05, 4.69) is 24.4 Å². The lowest BCUT2D eigenvalue weighted by Gasteiger charge is -2.25. The first-order valence-corrected chi connectivity index (χ1v) is 5.69. The average molecular weight is 205 g/mol. The largest absolute Gasteiger partial charge is 0.497 e. The highest BCUT2D eigenvalue weighted by molar-refractivity contribution is 5.37. The number of benzene rings is 1. The van der Waals surface area contributed by atoms with E-state index in [1.54, 1.807) is 7.11 Å². The number of methoxy groups -OCH3 is 1. The maximum absolute atomic E-state index is 5.27. The van der Waals surface area contributed by atoms with Crippen LogP contribution < -0.4 is 10.1 Å². The fourth-order valence-corrected chi connectivity index (χ4v) is 2.24. The van der Waals surface area contributed by atoms with Crippen LogP contribution in [0.4, 0.5) is 0 Å². The van der Waals surface area contributed by atoms with Crippen LogP contribution in [-0.4, -0.2) is 13.7 Å². The van der Waals surface area contributed by atoms with Gasteiger partial charge in [0.05, 0.1) is 7.11 Å². The molecule has 82 valence electrons. The fourth-order valence-electron chi connectivity index (χ4n) is 2.24. The first kappa shape index (κ1) is 10.5. The number of piperidine rings is 1. The second-order valence-electron chi connectivity index (χ2n) is 4.23. The van der Waals surface area contributed by atoms with E-state index in [1.807, 2.05) is 6.07 Å². The second kappa shape index (κ2) is 4.67. The Bertz CT molecular complexity index is 329. The van der Waals surface area contributed by atoms with Gasteiger partial charge < -0.3 is 10.1 Å². The Kier molecular flexibility index (Phi) is 3.27. The van der Waals surface area contributed by atoms with Crippen molar-refractivity contribution in [1.82, 2.24) is 5.32 Å². The lowest BCUT2D eigenvalue weighted by Crippen LogP contribution is -2.27. The predicted molar refractivity (Wildman–Crippen MR) is 62.3 cm³/mol. The maximum Gasteiger partial charge on any atom is 0.119 e. The van der Waals surface area contributed by atoms with E-state index in [9.17, 15) is 0 Å². The van der Waals surface area contributed by atoms with Crippen molar-refractivity contribution in [3.05, 3.63) is 29.3 Å². The molecule has 1 saturated heterocycles. The van der Waals surface area contributed by atoms with Gasteiger partial charge in [0.1, 0.15) is 5.75 Å². The molecular formula is C13H19NO. The molecule has 1 fully saturated rings. The van der Waals surface area contributed by atoms with Crippen LogP contribution in [0.25, 0.3) is 0 Å². The molecule has 1 aromatic rings. The van der Waals surface area contributed by atoms with Gasteiger partial charge in [0.2, 0.25) is 0 Å². The standard InChI is InChI=1S/C13H19NO/c1-10-6-7-11(15-2)9-12(10)13-5-3-4-8-14-13/h6-7,9,13-14H,3-5,8H2,1-2H3. The smallest absolute Gasteiger partial charge is 0.119 e. The fraction of sp³-hybridized carbons (Fsp3) is 0.538. The summed E-state index contributed by atoms with van der Waals surface area (Å²) in [6, 6.07) is 6.86. The van der Waals surface area contributed by atoms with Crippen molar-refractivity contribution in [3.8, 4) is 5.75 Å². The average Bonchev–Trinajstić information content (AvgIpc) is 2.31. The van der Waals surface area contributed by atoms with Crippen molar-refractivity contribution in [2.45, 2.75) is 32.2 Å². The van der Waals surface area contributed by atoms with Gasteiger partial charge in [0.25, 0.3) is 0 Å². The van der Waals surface area contributed by atoms with Crippen LogP contribution in [0.5, 0.6) is 5.75 Å². The highest BCUT2D eigenvalue weighted by atomic mass is 16.5. The highest BCUT2D eigenvalue weighted by Crippen LogP contribution is 2.28. The quantitative estimate of drug-likeness (QED) is 0.801. The monoisotopic (exact) mass is 205 g/mol. The van der Waals surface area contributed by atoms with Crippen molar-refractivity contribution < 1.29 is 4.74 Å². The van der Waals surface area contributed by atoms with Crippen molar-refractivity contribution in [1.29, 1.82) is 0 Å². The molecule has 1 aliphatic heterocycles. The van der Waals surface area contributed by atoms with Crippen molar-refractivity contribution in [3.63, 3.8) is 0 Å². The van der Waals surface area contributed by atoms with Gasteiger partial charge in [-0.2, -0.15) is 0 Å². The van der Waals surface area contributed by atoms with Crippen LogP contribution in [0.3, 0.4) is 0 Å². The third-order valence-electron chi connectivity index (χ3n) is 3.17. The van der Waals surface area contributed by atoms with Gasteiger partial charge in [0.15, 0.2) is 0 Å². The lowest BCUT2D eigenvalue weighted by atomic mass is 9.94. The van der Waals surface area contributed by atoms with Gasteiger partial charge in [-0.25, -0.2) is 0 Å². The molecule has 0 amide bonds. The molecule has 1 heterocycles. The molecule has 1 unspecified atom stereocenters. The number of hydrogen-bond acceptors (Lipinski definition) is 2. The molecule has 0 spiro atoms. The first-order valence-electron chi connectivity index (χ1n) is 5.69. The minimum atomic E-state index is 0.522. The van der Waals surface area contributed by atoms with Crippen molar-refractivity contribution in [2.75, 3.05) is 13.7 Å². The number of nitrogens with one attached hydrogen (secondary N) is 1. The molecule has 15 heavy (non-hydrogen) atoms. The zero-order valence-corrected chi connectivity index (χ0v) is 9.55. The van der Waals surface area contributed by atoms with Gasteiger partial charge >= 0.3 is 0 Å². The normalized spacial score (nSPS) is 21.3. The van der Waals surface area contributed by atoms with E-state index in [1.165, 1.54) is 30.4 Å². The number of hydrogen-bond donors (Lipinski definition) is 1. The summed E-state index contributed by atoms with van der Waals surface area (Å²) in [5.74, 6) is 0.961.